The van der Waals surface area contributed by atoms with Crippen LogP contribution in [0.15, 0.2) is 28.9 Å². The van der Waals surface area contributed by atoms with Gasteiger partial charge in [0, 0.05) is 0 Å². The molecule has 0 saturated heterocycles. The maximum absolute atomic E-state index is 12.1. The van der Waals surface area contributed by atoms with Gasteiger partial charge in [-0.3, -0.25) is 9.59 Å². The summed E-state index contributed by atoms with van der Waals surface area (Å²) in [6.45, 7) is 1.57. The lowest BCUT2D eigenvalue weighted by molar-refractivity contribution is -0.146. The molecular formula is C13H10O6. The molecule has 6 nitrogen and oxygen atoms in total. The molecule has 3 atom stereocenters. The van der Waals surface area contributed by atoms with Crippen molar-refractivity contribution in [3.05, 3.63) is 28.9 Å². The van der Waals surface area contributed by atoms with Crippen molar-refractivity contribution in [3.63, 3.8) is 0 Å². The van der Waals surface area contributed by atoms with Crippen LogP contribution in [0.4, 0.5) is 0 Å². The molecule has 1 saturated carbocycles. The van der Waals surface area contributed by atoms with Gasteiger partial charge in [-0.05, 0) is 12.0 Å². The van der Waals surface area contributed by atoms with Crippen molar-refractivity contribution in [3.8, 4) is 0 Å². The van der Waals surface area contributed by atoms with Crippen LogP contribution in [-0.2, 0) is 19.2 Å². The third kappa shape index (κ3) is 1.73. The summed E-state index contributed by atoms with van der Waals surface area (Å²) in [5.74, 6) is -4.69. The number of ketones is 1. The van der Waals surface area contributed by atoms with Gasteiger partial charge in [0.2, 0.25) is 0 Å². The second-order valence-electron chi connectivity index (χ2n) is 4.51. The quantitative estimate of drug-likeness (QED) is 0.544. The monoisotopic (exact) mass is 262 g/mol. The van der Waals surface area contributed by atoms with Gasteiger partial charge in [-0.25, -0.2) is 9.59 Å². The topological polar surface area (TPSA) is 109 Å². The lowest BCUT2D eigenvalue weighted by Crippen LogP contribution is -2.26. The van der Waals surface area contributed by atoms with Crippen molar-refractivity contribution in [2.45, 2.75) is 6.92 Å². The number of fused-ring (bicyclic) bond motifs is 1. The van der Waals surface area contributed by atoms with E-state index in [9.17, 15) is 19.2 Å². The molecule has 0 heterocycles. The van der Waals surface area contributed by atoms with Gasteiger partial charge in [-0.2, -0.15) is 0 Å². The molecule has 0 radical (unpaired) electrons. The molecule has 0 spiro atoms. The minimum absolute atomic E-state index is 0.286. The van der Waals surface area contributed by atoms with Gasteiger partial charge in [0.1, 0.15) is 11.9 Å². The summed E-state index contributed by atoms with van der Waals surface area (Å²) in [6.07, 6.45) is 2.63. The molecule has 19 heavy (non-hydrogen) atoms. The molecule has 2 rings (SSSR count). The van der Waals surface area contributed by atoms with E-state index < -0.39 is 35.5 Å². The molecule has 2 aliphatic carbocycles. The Kier molecular flexibility index (Phi) is 2.96. The van der Waals surface area contributed by atoms with E-state index in [1.165, 1.54) is 18.1 Å². The molecule has 2 N–H and O–H groups in total. The molecule has 0 aromatic rings. The number of carboxylic acids is 2. The summed E-state index contributed by atoms with van der Waals surface area (Å²) in [5, 5.41) is 18.0. The second-order valence-corrected chi connectivity index (χ2v) is 4.51. The number of carboxylic acid groups (broad SMARTS) is 2. The zero-order chi connectivity index (χ0) is 14.3. The van der Waals surface area contributed by atoms with Gasteiger partial charge >= 0.3 is 11.9 Å². The zero-order valence-corrected chi connectivity index (χ0v) is 9.91. The van der Waals surface area contributed by atoms with Crippen LogP contribution in [0.1, 0.15) is 6.92 Å². The molecule has 6 heteroatoms. The van der Waals surface area contributed by atoms with E-state index in [1.54, 1.807) is 6.92 Å². The van der Waals surface area contributed by atoms with Crippen LogP contribution in [0, 0.1) is 17.8 Å². The summed E-state index contributed by atoms with van der Waals surface area (Å²) < 4.78 is 0. The van der Waals surface area contributed by atoms with E-state index in [1.807, 2.05) is 0 Å². The molecule has 0 bridgehead atoms. The highest BCUT2D eigenvalue weighted by Gasteiger charge is 2.51. The van der Waals surface area contributed by atoms with E-state index in [4.69, 9.17) is 10.2 Å². The number of Topliss-reactive ketones (excluding diaryl/α,β-unsaturated/α-hetero) is 1. The minimum Gasteiger partial charge on any atom is -0.481 e. The van der Waals surface area contributed by atoms with E-state index >= 15 is 0 Å². The molecule has 0 aliphatic heterocycles. The fourth-order valence-electron chi connectivity index (χ4n) is 2.66. The Balaban J connectivity index is 2.57. The maximum atomic E-state index is 12.1. The first-order valence-electron chi connectivity index (χ1n) is 5.57. The lowest BCUT2D eigenvalue weighted by Gasteiger charge is -2.18. The molecule has 2 aliphatic rings. The van der Waals surface area contributed by atoms with Crippen molar-refractivity contribution in [1.82, 2.24) is 0 Å². The van der Waals surface area contributed by atoms with Crippen molar-refractivity contribution < 1.29 is 29.4 Å². The van der Waals surface area contributed by atoms with Crippen molar-refractivity contribution >= 4 is 23.7 Å². The summed E-state index contributed by atoms with van der Waals surface area (Å²) in [5.41, 5.74) is -0.137. The van der Waals surface area contributed by atoms with E-state index in [2.05, 4.69) is 0 Å². The predicted octanol–water partition coefficient (Wildman–Crippen LogP) is 0.231. The average Bonchev–Trinajstić information content (AvgIpc) is 2.60. The largest absolute Gasteiger partial charge is 0.481 e. The number of hydrogen-bond donors (Lipinski definition) is 2. The number of rotatable bonds is 2. The van der Waals surface area contributed by atoms with Gasteiger partial charge in [-0.1, -0.05) is 18.6 Å². The fraction of sp³-hybridized carbons (Fsp3) is 0.308. The van der Waals surface area contributed by atoms with Crippen molar-refractivity contribution in [2.24, 2.45) is 17.8 Å². The summed E-state index contributed by atoms with van der Waals surface area (Å²) in [4.78, 5) is 45.1. The standard InChI is InChI=1S/C13H10O6/c1-5-6-2-3-7(12(16)17)8(4-14)10(6)11(15)9(5)13(18)19/h2-3,5,9-10H,1H3,(H,16,17)(H,18,19). The van der Waals surface area contributed by atoms with Crippen LogP contribution in [0.25, 0.3) is 0 Å². The highest BCUT2D eigenvalue weighted by Crippen LogP contribution is 2.45. The van der Waals surface area contributed by atoms with Gasteiger partial charge in [0.05, 0.1) is 17.1 Å². The first-order chi connectivity index (χ1) is 8.90. The van der Waals surface area contributed by atoms with Crippen LogP contribution in [0.3, 0.4) is 0 Å². The highest BCUT2D eigenvalue weighted by molar-refractivity contribution is 6.10. The molecule has 3 unspecified atom stereocenters. The Bertz CT molecular complexity index is 603. The molecular weight excluding hydrogens is 252 g/mol. The maximum Gasteiger partial charge on any atom is 0.336 e. The average molecular weight is 262 g/mol. The zero-order valence-electron chi connectivity index (χ0n) is 9.91. The SMILES string of the molecule is CC1C2=CC=C(C(=O)O)C(=C=O)C2C(=O)C1C(=O)O. The third-order valence-electron chi connectivity index (χ3n) is 3.58. The second kappa shape index (κ2) is 4.33. The van der Waals surface area contributed by atoms with E-state index in [0.717, 1.165) is 0 Å². The van der Waals surface area contributed by atoms with Crippen LogP contribution >= 0.6 is 0 Å². The van der Waals surface area contributed by atoms with Crippen LogP contribution in [0.5, 0.6) is 0 Å². The van der Waals surface area contributed by atoms with Gasteiger partial charge < -0.3 is 10.2 Å². The van der Waals surface area contributed by atoms with Crippen LogP contribution in [0.2, 0.25) is 0 Å². The number of hydrogen-bond acceptors (Lipinski definition) is 4. The van der Waals surface area contributed by atoms with Crippen molar-refractivity contribution in [2.75, 3.05) is 0 Å². The Hall–Kier alpha value is -2.46. The summed E-state index contributed by atoms with van der Waals surface area (Å²) >= 11 is 0. The van der Waals surface area contributed by atoms with Gasteiger partial charge in [0.25, 0.3) is 0 Å². The first kappa shape index (κ1) is 13.0. The normalized spacial score (nSPS) is 29.2. The fourth-order valence-corrected chi connectivity index (χ4v) is 2.66. The first-order valence-corrected chi connectivity index (χ1v) is 5.57. The minimum atomic E-state index is -1.34. The predicted molar refractivity (Wildman–Crippen MR) is 61.8 cm³/mol. The smallest absolute Gasteiger partial charge is 0.336 e. The summed E-state index contributed by atoms with van der Waals surface area (Å²) in [7, 11) is 0. The Morgan fingerprint density at radius 1 is 1.26 bits per heavy atom. The van der Waals surface area contributed by atoms with Crippen LogP contribution < -0.4 is 0 Å². The highest BCUT2D eigenvalue weighted by atomic mass is 16.4. The molecule has 0 aromatic carbocycles. The molecule has 1 fully saturated rings. The van der Waals surface area contributed by atoms with Crippen molar-refractivity contribution in [1.29, 1.82) is 0 Å². The third-order valence-corrected chi connectivity index (χ3v) is 3.58. The van der Waals surface area contributed by atoms with Gasteiger partial charge in [0.15, 0.2) is 5.78 Å². The van der Waals surface area contributed by atoms with Gasteiger partial charge in [-0.15, -0.1) is 0 Å². The molecule has 0 amide bonds. The summed E-state index contributed by atoms with van der Waals surface area (Å²) in [6, 6.07) is 0. The number of carbonyl (C=O) groups excluding carboxylic acids is 2. The molecule has 0 aromatic heterocycles. The molecule has 98 valence electrons. The number of allylic oxidation sites excluding steroid dienone is 3. The van der Waals surface area contributed by atoms with E-state index in [0.29, 0.717) is 5.57 Å². The van der Waals surface area contributed by atoms with Crippen LogP contribution in [-0.4, -0.2) is 33.9 Å². The Labute approximate surface area is 107 Å². The Morgan fingerprint density at radius 3 is 2.37 bits per heavy atom. The van der Waals surface area contributed by atoms with E-state index in [-0.39, 0.29) is 11.1 Å². The Morgan fingerprint density at radius 2 is 1.89 bits per heavy atom. The number of aliphatic carboxylic acids is 2. The number of carbonyl (C=O) groups is 3. The lowest BCUT2D eigenvalue weighted by atomic mass is 9.83.